The van der Waals surface area contributed by atoms with Gasteiger partial charge in [-0.25, -0.2) is 4.68 Å². The summed E-state index contributed by atoms with van der Waals surface area (Å²) in [6.45, 7) is 1.90. The lowest BCUT2D eigenvalue weighted by molar-refractivity contribution is 0.223. The Morgan fingerprint density at radius 3 is 2.89 bits per heavy atom. The largest absolute Gasteiger partial charge is 0.508 e. The molecule has 2 heterocycles. The molecule has 1 atom stereocenters. The molecule has 0 aliphatic carbocycles. The van der Waals surface area contributed by atoms with Gasteiger partial charge in [-0.1, -0.05) is 0 Å². The van der Waals surface area contributed by atoms with E-state index in [0.717, 1.165) is 30.9 Å². The first kappa shape index (κ1) is 11.1. The third-order valence-corrected chi connectivity index (χ3v) is 2.99. The third kappa shape index (κ3) is 2.31. The summed E-state index contributed by atoms with van der Waals surface area (Å²) in [5.74, 6) is 1.02. The van der Waals surface area contributed by atoms with Crippen molar-refractivity contribution in [1.29, 1.82) is 0 Å². The van der Waals surface area contributed by atoms with E-state index in [1.165, 1.54) is 0 Å². The van der Waals surface area contributed by atoms with Crippen molar-refractivity contribution in [3.8, 4) is 17.2 Å². The van der Waals surface area contributed by atoms with Gasteiger partial charge in [0.15, 0.2) is 5.75 Å². The van der Waals surface area contributed by atoms with Gasteiger partial charge in [0.05, 0.1) is 18.1 Å². The van der Waals surface area contributed by atoms with Crippen molar-refractivity contribution in [3.05, 3.63) is 36.7 Å². The summed E-state index contributed by atoms with van der Waals surface area (Å²) in [5, 5.41) is 16.7. The Hall–Kier alpha value is -2.01. The molecule has 1 aliphatic rings. The van der Waals surface area contributed by atoms with Crippen LogP contribution in [0.2, 0.25) is 0 Å². The van der Waals surface area contributed by atoms with E-state index in [2.05, 4.69) is 10.4 Å². The van der Waals surface area contributed by atoms with Crippen molar-refractivity contribution in [2.75, 3.05) is 13.1 Å². The number of nitrogens with zero attached hydrogens (tertiary/aromatic N) is 2. The smallest absolute Gasteiger partial charge is 0.158 e. The Balaban J connectivity index is 1.74. The molecule has 5 heteroatoms. The Morgan fingerprint density at radius 1 is 1.33 bits per heavy atom. The van der Waals surface area contributed by atoms with E-state index in [4.69, 9.17) is 4.74 Å². The molecule has 1 aromatic heterocycles. The number of benzene rings is 1. The highest BCUT2D eigenvalue weighted by Gasteiger charge is 2.16. The second-order valence-corrected chi connectivity index (χ2v) is 4.37. The molecule has 18 heavy (non-hydrogen) atoms. The van der Waals surface area contributed by atoms with Gasteiger partial charge < -0.3 is 15.2 Å². The summed E-state index contributed by atoms with van der Waals surface area (Å²) < 4.78 is 7.54. The van der Waals surface area contributed by atoms with E-state index < -0.39 is 0 Å². The van der Waals surface area contributed by atoms with Crippen molar-refractivity contribution in [1.82, 2.24) is 15.1 Å². The molecule has 1 aliphatic heterocycles. The highest BCUT2D eigenvalue weighted by atomic mass is 16.5. The fourth-order valence-electron chi connectivity index (χ4n) is 2.03. The van der Waals surface area contributed by atoms with Gasteiger partial charge >= 0.3 is 0 Å². The summed E-state index contributed by atoms with van der Waals surface area (Å²) >= 11 is 0. The third-order valence-electron chi connectivity index (χ3n) is 2.99. The molecule has 0 spiro atoms. The zero-order chi connectivity index (χ0) is 12.4. The summed E-state index contributed by atoms with van der Waals surface area (Å²) in [5.41, 5.74) is 0.896. The van der Waals surface area contributed by atoms with Crippen LogP contribution in [-0.4, -0.2) is 34.1 Å². The maximum Gasteiger partial charge on any atom is 0.158 e. The van der Waals surface area contributed by atoms with Crippen molar-refractivity contribution in [2.24, 2.45) is 0 Å². The fraction of sp³-hybridized carbons (Fsp3) is 0.308. The van der Waals surface area contributed by atoms with Crippen LogP contribution in [0.5, 0.6) is 11.5 Å². The van der Waals surface area contributed by atoms with E-state index >= 15 is 0 Å². The van der Waals surface area contributed by atoms with Crippen LogP contribution in [0.25, 0.3) is 5.69 Å². The van der Waals surface area contributed by atoms with E-state index in [1.54, 1.807) is 23.0 Å². The maximum absolute atomic E-state index is 9.24. The molecule has 1 unspecified atom stereocenters. The van der Waals surface area contributed by atoms with Gasteiger partial charge in [-0.3, -0.25) is 0 Å². The molecule has 1 saturated heterocycles. The molecular weight excluding hydrogens is 230 g/mol. The van der Waals surface area contributed by atoms with Crippen molar-refractivity contribution in [3.63, 3.8) is 0 Å². The molecule has 0 saturated carbocycles. The van der Waals surface area contributed by atoms with Crippen LogP contribution in [0.3, 0.4) is 0 Å². The summed E-state index contributed by atoms with van der Waals surface area (Å²) in [6, 6.07) is 6.89. The normalized spacial score (nSPS) is 19.0. The predicted molar refractivity (Wildman–Crippen MR) is 67.1 cm³/mol. The quantitative estimate of drug-likeness (QED) is 0.856. The Labute approximate surface area is 105 Å². The van der Waals surface area contributed by atoms with E-state index in [1.807, 2.05) is 18.3 Å². The monoisotopic (exact) mass is 245 g/mol. The number of hydrogen-bond donors (Lipinski definition) is 2. The van der Waals surface area contributed by atoms with E-state index in [0.29, 0.717) is 0 Å². The average Bonchev–Trinajstić information content (AvgIpc) is 3.02. The zero-order valence-corrected chi connectivity index (χ0v) is 9.91. The average molecular weight is 245 g/mol. The van der Waals surface area contributed by atoms with E-state index in [-0.39, 0.29) is 11.9 Å². The Bertz CT molecular complexity index is 515. The SMILES string of the molecule is Oc1ccc(-n2cc(OC3CCNC3)cn2)cc1. The number of aromatic nitrogens is 2. The van der Waals surface area contributed by atoms with Crippen LogP contribution in [0.4, 0.5) is 0 Å². The van der Waals surface area contributed by atoms with Crippen LogP contribution in [0, 0.1) is 0 Å². The van der Waals surface area contributed by atoms with Crippen LogP contribution in [-0.2, 0) is 0 Å². The molecule has 5 nitrogen and oxygen atoms in total. The van der Waals surface area contributed by atoms with Crippen molar-refractivity contribution >= 4 is 0 Å². The lowest BCUT2D eigenvalue weighted by atomic mass is 10.3. The first-order valence-corrected chi connectivity index (χ1v) is 6.03. The number of phenolic OH excluding ortho intramolecular Hbond substituents is 1. The number of ether oxygens (including phenoxy) is 1. The topological polar surface area (TPSA) is 59.3 Å². The molecule has 94 valence electrons. The fourth-order valence-corrected chi connectivity index (χ4v) is 2.03. The van der Waals surface area contributed by atoms with Gasteiger partial charge in [0.1, 0.15) is 11.9 Å². The van der Waals surface area contributed by atoms with Crippen LogP contribution in [0.1, 0.15) is 6.42 Å². The molecule has 3 rings (SSSR count). The number of phenols is 1. The maximum atomic E-state index is 9.24. The van der Waals surface area contributed by atoms with E-state index in [9.17, 15) is 5.11 Å². The highest BCUT2D eigenvalue weighted by Crippen LogP contribution is 2.18. The number of rotatable bonds is 3. The predicted octanol–water partition coefficient (Wildman–Crippen LogP) is 1.32. The van der Waals surface area contributed by atoms with Crippen LogP contribution in [0.15, 0.2) is 36.7 Å². The van der Waals surface area contributed by atoms with Gasteiger partial charge in [-0.2, -0.15) is 5.10 Å². The second kappa shape index (κ2) is 4.70. The number of hydrogen-bond acceptors (Lipinski definition) is 4. The van der Waals surface area contributed by atoms with Crippen molar-refractivity contribution < 1.29 is 9.84 Å². The second-order valence-electron chi connectivity index (χ2n) is 4.37. The van der Waals surface area contributed by atoms with Crippen LogP contribution >= 0.6 is 0 Å². The summed E-state index contributed by atoms with van der Waals surface area (Å²) in [6.07, 6.45) is 4.84. The molecule has 2 N–H and O–H groups in total. The minimum absolute atomic E-state index is 0.238. The van der Waals surface area contributed by atoms with Crippen LogP contribution < -0.4 is 10.1 Å². The summed E-state index contributed by atoms with van der Waals surface area (Å²) in [4.78, 5) is 0. The zero-order valence-electron chi connectivity index (χ0n) is 9.91. The standard InChI is InChI=1S/C13H15N3O2/c17-11-3-1-10(2-4-11)16-9-13(8-15-16)18-12-5-6-14-7-12/h1-4,8-9,12,14,17H,5-7H2. The van der Waals surface area contributed by atoms with Crippen molar-refractivity contribution in [2.45, 2.75) is 12.5 Å². The van der Waals surface area contributed by atoms with Gasteiger partial charge in [-0.15, -0.1) is 0 Å². The summed E-state index contributed by atoms with van der Waals surface area (Å²) in [7, 11) is 0. The first-order chi connectivity index (χ1) is 8.81. The molecule has 0 radical (unpaired) electrons. The molecule has 0 bridgehead atoms. The highest BCUT2D eigenvalue weighted by molar-refractivity contribution is 5.37. The van der Waals surface area contributed by atoms with Gasteiger partial charge in [0, 0.05) is 6.54 Å². The molecule has 1 aromatic carbocycles. The van der Waals surface area contributed by atoms with Gasteiger partial charge in [0.25, 0.3) is 0 Å². The minimum Gasteiger partial charge on any atom is -0.508 e. The number of aromatic hydroxyl groups is 1. The minimum atomic E-state index is 0.238. The first-order valence-electron chi connectivity index (χ1n) is 6.03. The number of nitrogens with one attached hydrogen (secondary N) is 1. The lowest BCUT2D eigenvalue weighted by Crippen LogP contribution is -2.19. The molecule has 1 fully saturated rings. The Kier molecular flexibility index (Phi) is 2.90. The molecular formula is C13H15N3O2. The lowest BCUT2D eigenvalue weighted by Gasteiger charge is -2.09. The molecule has 2 aromatic rings. The van der Waals surface area contributed by atoms with Gasteiger partial charge in [-0.05, 0) is 37.2 Å². The van der Waals surface area contributed by atoms with Gasteiger partial charge in [0.2, 0.25) is 0 Å². The Morgan fingerprint density at radius 2 is 2.17 bits per heavy atom. The molecule has 0 amide bonds.